The fourth-order valence-electron chi connectivity index (χ4n) is 1.31. The second-order valence-corrected chi connectivity index (χ2v) is 3.09. The summed E-state index contributed by atoms with van der Waals surface area (Å²) in [6.07, 6.45) is 0.927. The highest BCUT2D eigenvalue weighted by atomic mass is 16.1. The highest BCUT2D eigenvalue weighted by molar-refractivity contribution is 5.92. The second-order valence-electron chi connectivity index (χ2n) is 3.09. The van der Waals surface area contributed by atoms with Crippen molar-refractivity contribution in [2.24, 2.45) is 0 Å². The van der Waals surface area contributed by atoms with Crippen molar-refractivity contribution in [3.8, 4) is 0 Å². The van der Waals surface area contributed by atoms with Crippen LogP contribution in [0.3, 0.4) is 0 Å². The van der Waals surface area contributed by atoms with Gasteiger partial charge in [0.05, 0.1) is 6.54 Å². The third kappa shape index (κ3) is 2.85. The minimum atomic E-state index is -0.00611. The molecule has 0 radical (unpaired) electrons. The molecule has 3 heteroatoms. The average molecular weight is 192 g/mol. The molecule has 0 aliphatic heterocycles. The van der Waals surface area contributed by atoms with E-state index in [9.17, 15) is 4.79 Å². The van der Waals surface area contributed by atoms with Crippen molar-refractivity contribution in [1.29, 1.82) is 0 Å². The molecule has 14 heavy (non-hydrogen) atoms. The zero-order chi connectivity index (χ0) is 10.4. The maximum atomic E-state index is 11.3. The van der Waals surface area contributed by atoms with Crippen molar-refractivity contribution in [1.82, 2.24) is 5.32 Å². The van der Waals surface area contributed by atoms with Crippen molar-refractivity contribution in [2.45, 2.75) is 13.3 Å². The minimum absolute atomic E-state index is 0.00611. The Morgan fingerprint density at radius 1 is 1.36 bits per heavy atom. The van der Waals surface area contributed by atoms with Gasteiger partial charge in [0, 0.05) is 5.69 Å². The summed E-state index contributed by atoms with van der Waals surface area (Å²) >= 11 is 0. The zero-order valence-electron chi connectivity index (χ0n) is 8.63. The lowest BCUT2D eigenvalue weighted by molar-refractivity contribution is -0.115. The Morgan fingerprint density at radius 3 is 2.71 bits per heavy atom. The topological polar surface area (TPSA) is 41.1 Å². The molecule has 0 aliphatic rings. The molecule has 76 valence electrons. The summed E-state index contributed by atoms with van der Waals surface area (Å²) in [5.41, 5.74) is 2.08. The number of likely N-dealkylation sites (N-methyl/N-ethyl adjacent to an activating group) is 1. The lowest BCUT2D eigenvalue weighted by Gasteiger charge is -2.08. The summed E-state index contributed by atoms with van der Waals surface area (Å²) in [7, 11) is 1.76. The Bertz CT molecular complexity index is 310. The Balaban J connectivity index is 2.70. The van der Waals surface area contributed by atoms with Gasteiger partial charge >= 0.3 is 0 Å². The number of hydrogen-bond donors (Lipinski definition) is 2. The van der Waals surface area contributed by atoms with E-state index >= 15 is 0 Å². The van der Waals surface area contributed by atoms with E-state index in [2.05, 4.69) is 17.6 Å². The second kappa shape index (κ2) is 5.40. The lowest BCUT2D eigenvalue weighted by atomic mass is 10.1. The Labute approximate surface area is 84.5 Å². The molecule has 3 nitrogen and oxygen atoms in total. The molecule has 0 aromatic heterocycles. The third-order valence-corrected chi connectivity index (χ3v) is 2.01. The van der Waals surface area contributed by atoms with Crippen LogP contribution in [-0.4, -0.2) is 19.5 Å². The lowest BCUT2D eigenvalue weighted by Crippen LogP contribution is -2.25. The summed E-state index contributed by atoms with van der Waals surface area (Å²) < 4.78 is 0. The fourth-order valence-corrected chi connectivity index (χ4v) is 1.31. The van der Waals surface area contributed by atoms with Gasteiger partial charge in [0.15, 0.2) is 0 Å². The maximum absolute atomic E-state index is 11.3. The van der Waals surface area contributed by atoms with Crippen LogP contribution >= 0.6 is 0 Å². The van der Waals surface area contributed by atoms with Crippen LogP contribution in [0.25, 0.3) is 0 Å². The van der Waals surface area contributed by atoms with E-state index in [4.69, 9.17) is 0 Å². The number of amides is 1. The first-order chi connectivity index (χ1) is 6.77. The first-order valence-corrected chi connectivity index (χ1v) is 4.80. The Morgan fingerprint density at radius 2 is 2.07 bits per heavy atom. The molecule has 0 aliphatic carbocycles. The predicted molar refractivity (Wildman–Crippen MR) is 58.4 cm³/mol. The number of anilines is 1. The number of carbonyl (C=O) groups excluding carboxylic acids is 1. The number of aryl methyl sites for hydroxylation is 1. The molecule has 0 unspecified atom stereocenters. The molecule has 1 aromatic rings. The van der Waals surface area contributed by atoms with Gasteiger partial charge in [-0.1, -0.05) is 25.1 Å². The molecule has 0 bridgehead atoms. The number of benzene rings is 1. The molecule has 0 spiro atoms. The normalized spacial score (nSPS) is 9.86. The number of nitrogens with one attached hydrogen (secondary N) is 2. The van der Waals surface area contributed by atoms with Crippen LogP contribution < -0.4 is 10.6 Å². The van der Waals surface area contributed by atoms with Gasteiger partial charge < -0.3 is 10.6 Å². The van der Waals surface area contributed by atoms with Crippen molar-refractivity contribution in [3.63, 3.8) is 0 Å². The minimum Gasteiger partial charge on any atom is -0.325 e. The van der Waals surface area contributed by atoms with Crippen molar-refractivity contribution in [2.75, 3.05) is 18.9 Å². The Hall–Kier alpha value is -1.35. The van der Waals surface area contributed by atoms with Crippen molar-refractivity contribution in [3.05, 3.63) is 29.8 Å². The third-order valence-electron chi connectivity index (χ3n) is 2.01. The number of carbonyl (C=O) groups is 1. The van der Waals surface area contributed by atoms with Crippen molar-refractivity contribution < 1.29 is 4.79 Å². The molecule has 0 atom stereocenters. The van der Waals surface area contributed by atoms with Gasteiger partial charge in [0.1, 0.15) is 0 Å². The molecule has 0 saturated carbocycles. The number of rotatable bonds is 4. The predicted octanol–water partition coefficient (Wildman–Crippen LogP) is 1.41. The van der Waals surface area contributed by atoms with Gasteiger partial charge in [0.2, 0.25) is 5.91 Å². The van der Waals surface area contributed by atoms with Gasteiger partial charge in [0.25, 0.3) is 0 Å². The quantitative estimate of drug-likeness (QED) is 0.757. The van der Waals surface area contributed by atoms with Crippen molar-refractivity contribution >= 4 is 11.6 Å². The van der Waals surface area contributed by atoms with E-state index in [0.717, 1.165) is 17.7 Å². The van der Waals surface area contributed by atoms with Crippen LogP contribution in [0, 0.1) is 0 Å². The van der Waals surface area contributed by atoms with E-state index in [1.807, 2.05) is 24.3 Å². The zero-order valence-corrected chi connectivity index (χ0v) is 8.63. The SMILES string of the molecule is CCc1ccccc1NC(=O)CNC. The molecule has 1 amide bonds. The first-order valence-electron chi connectivity index (χ1n) is 4.80. The van der Waals surface area contributed by atoms with E-state index in [-0.39, 0.29) is 5.91 Å². The van der Waals surface area contributed by atoms with Gasteiger partial charge in [-0.3, -0.25) is 4.79 Å². The number of hydrogen-bond acceptors (Lipinski definition) is 2. The van der Waals surface area contributed by atoms with Crippen LogP contribution in [0.5, 0.6) is 0 Å². The molecule has 0 heterocycles. The largest absolute Gasteiger partial charge is 0.325 e. The van der Waals surface area contributed by atoms with Gasteiger partial charge in [-0.2, -0.15) is 0 Å². The highest BCUT2D eigenvalue weighted by Crippen LogP contribution is 2.14. The molecule has 1 rings (SSSR count). The molecular weight excluding hydrogens is 176 g/mol. The monoisotopic (exact) mass is 192 g/mol. The smallest absolute Gasteiger partial charge is 0.238 e. The van der Waals surface area contributed by atoms with Crippen LogP contribution in [0.15, 0.2) is 24.3 Å². The van der Waals surface area contributed by atoms with Crippen LogP contribution in [0.1, 0.15) is 12.5 Å². The van der Waals surface area contributed by atoms with E-state index in [1.54, 1.807) is 7.05 Å². The standard InChI is InChI=1S/C11H16N2O/c1-3-9-6-4-5-7-10(9)13-11(14)8-12-2/h4-7,12H,3,8H2,1-2H3,(H,13,14). The molecule has 1 aromatic carbocycles. The molecule has 0 saturated heterocycles. The number of para-hydroxylation sites is 1. The average Bonchev–Trinajstić information content (AvgIpc) is 2.19. The summed E-state index contributed by atoms with van der Waals surface area (Å²) in [6, 6.07) is 7.85. The summed E-state index contributed by atoms with van der Waals surface area (Å²) in [4.78, 5) is 11.3. The summed E-state index contributed by atoms with van der Waals surface area (Å²) in [6.45, 7) is 2.42. The van der Waals surface area contributed by atoms with Crippen LogP contribution in [-0.2, 0) is 11.2 Å². The van der Waals surface area contributed by atoms with Gasteiger partial charge in [-0.25, -0.2) is 0 Å². The highest BCUT2D eigenvalue weighted by Gasteiger charge is 2.03. The van der Waals surface area contributed by atoms with Gasteiger partial charge in [-0.15, -0.1) is 0 Å². The summed E-state index contributed by atoms with van der Waals surface area (Å²) in [5.74, 6) is -0.00611. The van der Waals surface area contributed by atoms with Crippen LogP contribution in [0.2, 0.25) is 0 Å². The maximum Gasteiger partial charge on any atom is 0.238 e. The molecular formula is C11H16N2O. The Kier molecular flexibility index (Phi) is 4.13. The fraction of sp³-hybridized carbons (Fsp3) is 0.364. The van der Waals surface area contributed by atoms with E-state index in [1.165, 1.54) is 0 Å². The first kappa shape index (κ1) is 10.7. The van der Waals surface area contributed by atoms with Crippen LogP contribution in [0.4, 0.5) is 5.69 Å². The molecule has 0 fully saturated rings. The molecule has 2 N–H and O–H groups in total. The van der Waals surface area contributed by atoms with Gasteiger partial charge in [-0.05, 0) is 25.1 Å². The van der Waals surface area contributed by atoms with E-state index < -0.39 is 0 Å². The van der Waals surface area contributed by atoms with E-state index in [0.29, 0.717) is 6.54 Å². The summed E-state index contributed by atoms with van der Waals surface area (Å²) in [5, 5.41) is 5.67.